The minimum atomic E-state index is -0.249. The number of aromatic nitrogens is 3. The Balaban J connectivity index is 0.00000338. The highest BCUT2D eigenvalue weighted by Gasteiger charge is 2.16. The van der Waals surface area contributed by atoms with Crippen molar-refractivity contribution in [1.29, 1.82) is 0 Å². The lowest BCUT2D eigenvalue weighted by Gasteiger charge is -2.21. The number of fused-ring (bicyclic) bond motifs is 1. The third-order valence-electron chi connectivity index (χ3n) is 4.57. The Bertz CT molecular complexity index is 558. The summed E-state index contributed by atoms with van der Waals surface area (Å²) in [5.74, 6) is 3.13. The molecule has 0 amide bonds. The highest BCUT2D eigenvalue weighted by molar-refractivity contribution is 14.0. The van der Waals surface area contributed by atoms with Gasteiger partial charge in [-0.3, -0.25) is 4.99 Å². The van der Waals surface area contributed by atoms with Gasteiger partial charge in [0.05, 0.1) is 12.1 Å². The number of guanidine groups is 1. The van der Waals surface area contributed by atoms with Crippen molar-refractivity contribution in [2.45, 2.75) is 71.4 Å². The van der Waals surface area contributed by atoms with E-state index in [-0.39, 0.29) is 29.6 Å². The van der Waals surface area contributed by atoms with Crippen molar-refractivity contribution in [2.24, 2.45) is 4.99 Å². The molecule has 0 saturated carbocycles. The van der Waals surface area contributed by atoms with E-state index in [2.05, 4.69) is 37.3 Å². The number of halogens is 1. The maximum atomic E-state index is 5.42. The van der Waals surface area contributed by atoms with Crippen molar-refractivity contribution in [2.75, 3.05) is 26.7 Å². The molecule has 7 nitrogen and oxygen atoms in total. The third-order valence-corrected chi connectivity index (χ3v) is 4.57. The normalized spacial score (nSPS) is 15.0. The number of nitrogens with zero attached hydrogens (tertiary/aromatic N) is 4. The van der Waals surface area contributed by atoms with Crippen molar-refractivity contribution < 1.29 is 4.74 Å². The van der Waals surface area contributed by atoms with E-state index in [1.165, 1.54) is 19.3 Å². The zero-order valence-electron chi connectivity index (χ0n) is 16.7. The molecule has 0 unspecified atom stereocenters. The Hall–Kier alpha value is -0.900. The SMILES string of the molecule is CCNC(=NCC(C)(C)OC)NCCCc1nnc2n1CCCCC2.I. The number of aliphatic imine (C=N–C) groups is 1. The molecule has 1 aromatic heterocycles. The zero-order chi connectivity index (χ0) is 18.1. The fourth-order valence-corrected chi connectivity index (χ4v) is 2.86. The molecule has 0 saturated heterocycles. The average Bonchev–Trinajstić information content (AvgIpc) is 2.83. The molecular weight excluding hydrogens is 443 g/mol. The van der Waals surface area contributed by atoms with Crippen LogP contribution in [-0.2, 0) is 24.1 Å². The van der Waals surface area contributed by atoms with Gasteiger partial charge in [0, 0.05) is 39.6 Å². The fraction of sp³-hybridized carbons (Fsp3) is 0.833. The van der Waals surface area contributed by atoms with E-state index in [0.717, 1.165) is 56.5 Å². The molecule has 0 fully saturated rings. The van der Waals surface area contributed by atoms with Gasteiger partial charge in [-0.15, -0.1) is 34.2 Å². The highest BCUT2D eigenvalue weighted by Crippen LogP contribution is 2.15. The number of methoxy groups -OCH3 is 1. The summed E-state index contributed by atoms with van der Waals surface area (Å²) in [6.07, 6.45) is 6.80. The maximum absolute atomic E-state index is 5.42. The van der Waals surface area contributed by atoms with Crippen molar-refractivity contribution in [3.63, 3.8) is 0 Å². The number of hydrogen-bond acceptors (Lipinski definition) is 4. The average molecular weight is 478 g/mol. The van der Waals surface area contributed by atoms with Gasteiger partial charge in [-0.05, 0) is 40.0 Å². The van der Waals surface area contributed by atoms with E-state index in [1.807, 2.05) is 13.8 Å². The topological polar surface area (TPSA) is 76.4 Å². The van der Waals surface area contributed by atoms with Crippen LogP contribution >= 0.6 is 24.0 Å². The minimum absolute atomic E-state index is 0. The van der Waals surface area contributed by atoms with Gasteiger partial charge in [-0.2, -0.15) is 0 Å². The molecule has 8 heteroatoms. The number of hydrogen-bond donors (Lipinski definition) is 2. The van der Waals surface area contributed by atoms with Crippen LogP contribution in [0, 0.1) is 0 Å². The molecule has 2 rings (SSSR count). The van der Waals surface area contributed by atoms with E-state index < -0.39 is 0 Å². The summed E-state index contributed by atoms with van der Waals surface area (Å²) < 4.78 is 7.75. The van der Waals surface area contributed by atoms with E-state index >= 15 is 0 Å². The zero-order valence-corrected chi connectivity index (χ0v) is 19.0. The van der Waals surface area contributed by atoms with E-state index in [1.54, 1.807) is 7.11 Å². The van der Waals surface area contributed by atoms with E-state index in [0.29, 0.717) is 6.54 Å². The smallest absolute Gasteiger partial charge is 0.191 e. The molecule has 1 aliphatic rings. The lowest BCUT2D eigenvalue weighted by atomic mass is 10.1. The van der Waals surface area contributed by atoms with Crippen LogP contribution in [0.3, 0.4) is 0 Å². The molecule has 0 spiro atoms. The lowest BCUT2D eigenvalue weighted by Crippen LogP contribution is -2.39. The third kappa shape index (κ3) is 7.38. The molecule has 26 heavy (non-hydrogen) atoms. The summed E-state index contributed by atoms with van der Waals surface area (Å²) >= 11 is 0. The number of ether oxygens (including phenoxy) is 1. The van der Waals surface area contributed by atoms with Gasteiger partial charge in [0.2, 0.25) is 0 Å². The van der Waals surface area contributed by atoms with E-state index in [9.17, 15) is 0 Å². The van der Waals surface area contributed by atoms with Crippen LogP contribution in [0.2, 0.25) is 0 Å². The Kier molecular flexibility index (Phi) is 10.4. The van der Waals surface area contributed by atoms with Crippen molar-refractivity contribution in [1.82, 2.24) is 25.4 Å². The molecule has 0 aromatic carbocycles. The summed E-state index contributed by atoms with van der Waals surface area (Å²) in [5.41, 5.74) is -0.249. The van der Waals surface area contributed by atoms with Crippen molar-refractivity contribution in [3.8, 4) is 0 Å². The quantitative estimate of drug-likeness (QED) is 0.260. The van der Waals surface area contributed by atoms with Crippen LogP contribution in [0.1, 0.15) is 58.1 Å². The lowest BCUT2D eigenvalue weighted by molar-refractivity contribution is 0.0310. The fourth-order valence-electron chi connectivity index (χ4n) is 2.86. The first-order valence-corrected chi connectivity index (χ1v) is 9.54. The van der Waals surface area contributed by atoms with Crippen molar-refractivity contribution >= 4 is 29.9 Å². The summed E-state index contributed by atoms with van der Waals surface area (Å²) in [5, 5.41) is 15.4. The molecule has 150 valence electrons. The summed E-state index contributed by atoms with van der Waals surface area (Å²) in [4.78, 5) is 4.61. The van der Waals surface area contributed by atoms with Crippen LogP contribution in [-0.4, -0.2) is 53.1 Å². The molecule has 2 heterocycles. The van der Waals surface area contributed by atoms with Crippen LogP contribution in [0.25, 0.3) is 0 Å². The van der Waals surface area contributed by atoms with Gasteiger partial charge in [-0.1, -0.05) is 6.42 Å². The monoisotopic (exact) mass is 478 g/mol. The predicted octanol–water partition coefficient (Wildman–Crippen LogP) is 2.54. The first kappa shape index (κ1) is 23.1. The van der Waals surface area contributed by atoms with Gasteiger partial charge in [-0.25, -0.2) is 0 Å². The van der Waals surface area contributed by atoms with Gasteiger partial charge < -0.3 is 19.9 Å². The van der Waals surface area contributed by atoms with Gasteiger partial charge in [0.25, 0.3) is 0 Å². The number of nitrogens with one attached hydrogen (secondary N) is 2. The first-order chi connectivity index (χ1) is 12.1. The van der Waals surface area contributed by atoms with Crippen molar-refractivity contribution in [3.05, 3.63) is 11.6 Å². The Morgan fingerprint density at radius 3 is 2.77 bits per heavy atom. The Morgan fingerprint density at radius 1 is 1.23 bits per heavy atom. The second-order valence-corrected chi connectivity index (χ2v) is 7.18. The van der Waals surface area contributed by atoms with Crippen LogP contribution in [0.15, 0.2) is 4.99 Å². The molecule has 0 atom stereocenters. The summed E-state index contributed by atoms with van der Waals surface area (Å²) in [7, 11) is 1.72. The number of aryl methyl sites for hydroxylation is 2. The van der Waals surface area contributed by atoms with Gasteiger partial charge >= 0.3 is 0 Å². The molecular formula is C18H35IN6O. The Labute approximate surface area is 174 Å². The minimum Gasteiger partial charge on any atom is -0.377 e. The summed E-state index contributed by atoms with van der Waals surface area (Å²) in [6, 6.07) is 0. The maximum Gasteiger partial charge on any atom is 0.191 e. The van der Waals surface area contributed by atoms with Crippen LogP contribution < -0.4 is 10.6 Å². The number of rotatable bonds is 8. The van der Waals surface area contributed by atoms with Crippen LogP contribution in [0.4, 0.5) is 0 Å². The predicted molar refractivity (Wildman–Crippen MR) is 116 cm³/mol. The second-order valence-electron chi connectivity index (χ2n) is 7.18. The van der Waals surface area contributed by atoms with E-state index in [4.69, 9.17) is 4.74 Å². The molecule has 1 aromatic rings. The largest absolute Gasteiger partial charge is 0.377 e. The first-order valence-electron chi connectivity index (χ1n) is 9.54. The molecule has 1 aliphatic heterocycles. The highest BCUT2D eigenvalue weighted by atomic mass is 127. The van der Waals surface area contributed by atoms with Gasteiger partial charge in [0.15, 0.2) is 5.96 Å². The van der Waals surface area contributed by atoms with Crippen LogP contribution in [0.5, 0.6) is 0 Å². The summed E-state index contributed by atoms with van der Waals surface area (Å²) in [6.45, 7) is 9.55. The Morgan fingerprint density at radius 2 is 2.04 bits per heavy atom. The molecule has 2 N–H and O–H groups in total. The molecule has 0 radical (unpaired) electrons. The standard InChI is InChI=1S/C18H34N6O.HI/c1-5-19-17(21-14-18(2,3)25-4)20-12-9-11-16-23-22-15-10-7-6-8-13-24(15)16;/h5-14H2,1-4H3,(H2,19,20,21);1H. The second kappa shape index (κ2) is 11.7. The molecule has 0 aliphatic carbocycles. The van der Waals surface area contributed by atoms with Gasteiger partial charge in [0.1, 0.15) is 11.6 Å². The molecule has 0 bridgehead atoms.